The van der Waals surface area contributed by atoms with E-state index in [1.54, 1.807) is 18.1 Å². The first-order chi connectivity index (χ1) is 8.22. The summed E-state index contributed by atoms with van der Waals surface area (Å²) >= 11 is 5.28. The third-order valence-corrected chi connectivity index (χ3v) is 4.52. The predicted octanol–water partition coefficient (Wildman–Crippen LogP) is 2.71. The Bertz CT molecular complexity index is 344. The zero-order valence-corrected chi connectivity index (χ0v) is 12.9. The minimum absolute atomic E-state index is 0.838. The Labute approximate surface area is 116 Å². The monoisotopic (exact) mass is 318 g/mol. The van der Waals surface area contributed by atoms with Gasteiger partial charge in [-0.1, -0.05) is 13.8 Å². The molecule has 4 nitrogen and oxygen atoms in total. The molecule has 1 heterocycles. The average Bonchev–Trinajstić information content (AvgIpc) is 2.36. The topological polar surface area (TPSA) is 41.1 Å². The molecule has 0 spiro atoms. The summed E-state index contributed by atoms with van der Waals surface area (Å²) in [5, 5.41) is 4.03. The Morgan fingerprint density at radius 1 is 1.35 bits per heavy atom. The molecule has 0 aromatic carbocycles. The second-order valence-corrected chi connectivity index (χ2v) is 5.34. The molecule has 0 unspecified atom stereocenters. The van der Waals surface area contributed by atoms with Crippen molar-refractivity contribution in [2.45, 2.75) is 18.9 Å². The van der Waals surface area contributed by atoms with Gasteiger partial charge in [-0.3, -0.25) is 0 Å². The highest BCUT2D eigenvalue weighted by Crippen LogP contribution is 2.29. The van der Waals surface area contributed by atoms with Crippen LogP contribution in [0.4, 0.5) is 5.82 Å². The molecule has 0 aliphatic heterocycles. The lowest BCUT2D eigenvalue weighted by Crippen LogP contribution is -2.25. The molecular formula is C11H19BrN4S. The SMILES string of the molecule is CCN(CC)CCSc1ncnc(NC)c1Br. The zero-order valence-electron chi connectivity index (χ0n) is 10.5. The summed E-state index contributed by atoms with van der Waals surface area (Å²) in [4.78, 5) is 10.8. The molecular weight excluding hydrogens is 300 g/mol. The Morgan fingerprint density at radius 3 is 2.65 bits per heavy atom. The summed E-state index contributed by atoms with van der Waals surface area (Å²) < 4.78 is 0.951. The number of aromatic nitrogens is 2. The van der Waals surface area contributed by atoms with Crippen molar-refractivity contribution in [2.75, 3.05) is 37.8 Å². The van der Waals surface area contributed by atoms with Gasteiger partial charge in [0.15, 0.2) is 0 Å². The van der Waals surface area contributed by atoms with Crippen molar-refractivity contribution in [2.24, 2.45) is 0 Å². The number of nitrogens with one attached hydrogen (secondary N) is 1. The van der Waals surface area contributed by atoms with E-state index in [-0.39, 0.29) is 0 Å². The normalized spacial score (nSPS) is 10.9. The van der Waals surface area contributed by atoms with Crippen molar-refractivity contribution >= 4 is 33.5 Å². The number of hydrogen-bond donors (Lipinski definition) is 1. The van der Waals surface area contributed by atoms with Crippen LogP contribution in [0.15, 0.2) is 15.8 Å². The first kappa shape index (κ1) is 14.7. The van der Waals surface area contributed by atoms with Crippen LogP contribution in [0.1, 0.15) is 13.8 Å². The second kappa shape index (κ2) is 7.89. The number of nitrogens with zero attached hydrogens (tertiary/aromatic N) is 3. The lowest BCUT2D eigenvalue weighted by Gasteiger charge is -2.17. The summed E-state index contributed by atoms with van der Waals surface area (Å²) in [6, 6.07) is 0. The maximum absolute atomic E-state index is 4.28. The minimum atomic E-state index is 0.838. The molecule has 0 aliphatic carbocycles. The van der Waals surface area contributed by atoms with Gasteiger partial charge >= 0.3 is 0 Å². The van der Waals surface area contributed by atoms with Crippen LogP contribution in [0.25, 0.3) is 0 Å². The maximum atomic E-state index is 4.28. The number of rotatable bonds is 7. The van der Waals surface area contributed by atoms with Crippen molar-refractivity contribution in [1.29, 1.82) is 0 Å². The second-order valence-electron chi connectivity index (χ2n) is 3.47. The average molecular weight is 319 g/mol. The van der Waals surface area contributed by atoms with Gasteiger partial charge in [-0.15, -0.1) is 11.8 Å². The smallest absolute Gasteiger partial charge is 0.144 e. The van der Waals surface area contributed by atoms with Crippen molar-refractivity contribution in [3.8, 4) is 0 Å². The molecule has 0 radical (unpaired) electrons. The first-order valence-electron chi connectivity index (χ1n) is 5.76. The number of halogens is 1. The highest BCUT2D eigenvalue weighted by molar-refractivity contribution is 9.10. The van der Waals surface area contributed by atoms with Gasteiger partial charge in [0.2, 0.25) is 0 Å². The summed E-state index contributed by atoms with van der Waals surface area (Å²) in [6.45, 7) is 7.66. The third kappa shape index (κ3) is 4.44. The molecule has 1 N–H and O–H groups in total. The molecule has 6 heteroatoms. The van der Waals surface area contributed by atoms with Crippen LogP contribution in [0.5, 0.6) is 0 Å². The standard InChI is InChI=1S/C11H19BrN4S/c1-4-16(5-2)6-7-17-11-9(12)10(13-3)14-8-15-11/h8H,4-7H2,1-3H3,(H,13,14,15). The maximum Gasteiger partial charge on any atom is 0.144 e. The van der Waals surface area contributed by atoms with E-state index in [1.165, 1.54) is 0 Å². The molecule has 0 amide bonds. The molecule has 1 rings (SSSR count). The van der Waals surface area contributed by atoms with Crippen LogP contribution < -0.4 is 5.32 Å². The van der Waals surface area contributed by atoms with Gasteiger partial charge in [0.1, 0.15) is 17.2 Å². The Balaban J connectivity index is 2.52. The van der Waals surface area contributed by atoms with Gasteiger partial charge in [-0.05, 0) is 29.0 Å². The van der Waals surface area contributed by atoms with Crippen molar-refractivity contribution in [3.63, 3.8) is 0 Å². The lowest BCUT2D eigenvalue weighted by atomic mass is 10.5. The molecule has 1 aromatic heterocycles. The molecule has 0 atom stereocenters. The van der Waals surface area contributed by atoms with E-state index in [0.717, 1.165) is 40.7 Å². The largest absolute Gasteiger partial charge is 0.372 e. The quantitative estimate of drug-likeness (QED) is 0.618. The molecule has 0 fully saturated rings. The Morgan fingerprint density at radius 2 is 2.06 bits per heavy atom. The van der Waals surface area contributed by atoms with E-state index in [9.17, 15) is 0 Å². The van der Waals surface area contributed by atoms with Crippen LogP contribution in [-0.2, 0) is 0 Å². The van der Waals surface area contributed by atoms with Gasteiger partial charge in [0, 0.05) is 19.3 Å². The van der Waals surface area contributed by atoms with E-state index in [0.29, 0.717) is 0 Å². The fourth-order valence-electron chi connectivity index (χ4n) is 1.44. The lowest BCUT2D eigenvalue weighted by molar-refractivity contribution is 0.324. The van der Waals surface area contributed by atoms with Gasteiger partial charge < -0.3 is 10.2 Å². The third-order valence-electron chi connectivity index (χ3n) is 2.54. The van der Waals surface area contributed by atoms with Gasteiger partial charge in [-0.2, -0.15) is 0 Å². The van der Waals surface area contributed by atoms with E-state index in [4.69, 9.17) is 0 Å². The van der Waals surface area contributed by atoms with Gasteiger partial charge in [0.25, 0.3) is 0 Å². The Kier molecular flexibility index (Phi) is 6.84. The number of thioether (sulfide) groups is 1. The van der Waals surface area contributed by atoms with Crippen LogP contribution >= 0.6 is 27.7 Å². The first-order valence-corrected chi connectivity index (χ1v) is 7.54. The van der Waals surface area contributed by atoms with Crippen molar-refractivity contribution < 1.29 is 0 Å². The summed E-state index contributed by atoms with van der Waals surface area (Å²) in [5.74, 6) is 1.88. The molecule has 96 valence electrons. The van der Waals surface area contributed by atoms with Crippen LogP contribution in [0.2, 0.25) is 0 Å². The van der Waals surface area contributed by atoms with E-state index >= 15 is 0 Å². The molecule has 1 aromatic rings. The van der Waals surface area contributed by atoms with Crippen LogP contribution in [0, 0.1) is 0 Å². The van der Waals surface area contributed by atoms with Gasteiger partial charge in [0.05, 0.1) is 4.47 Å². The van der Waals surface area contributed by atoms with E-state index in [1.807, 2.05) is 7.05 Å². The summed E-state index contributed by atoms with van der Waals surface area (Å²) in [7, 11) is 1.86. The summed E-state index contributed by atoms with van der Waals surface area (Å²) in [5.41, 5.74) is 0. The molecule has 0 saturated heterocycles. The number of hydrogen-bond acceptors (Lipinski definition) is 5. The zero-order chi connectivity index (χ0) is 12.7. The summed E-state index contributed by atoms with van der Waals surface area (Å²) in [6.07, 6.45) is 1.59. The highest BCUT2D eigenvalue weighted by Gasteiger charge is 2.08. The predicted molar refractivity (Wildman–Crippen MR) is 77.8 cm³/mol. The fraction of sp³-hybridized carbons (Fsp3) is 0.636. The van der Waals surface area contributed by atoms with E-state index in [2.05, 4.69) is 50.0 Å². The van der Waals surface area contributed by atoms with E-state index < -0.39 is 0 Å². The molecule has 0 aliphatic rings. The number of anilines is 1. The fourth-order valence-corrected chi connectivity index (χ4v) is 3.07. The Hall–Kier alpha value is -0.330. The minimum Gasteiger partial charge on any atom is -0.372 e. The van der Waals surface area contributed by atoms with Crippen molar-refractivity contribution in [1.82, 2.24) is 14.9 Å². The van der Waals surface area contributed by atoms with Gasteiger partial charge in [-0.25, -0.2) is 9.97 Å². The molecule has 0 saturated carbocycles. The highest BCUT2D eigenvalue weighted by atomic mass is 79.9. The van der Waals surface area contributed by atoms with Crippen LogP contribution in [0.3, 0.4) is 0 Å². The molecule has 0 bridgehead atoms. The van der Waals surface area contributed by atoms with Crippen LogP contribution in [-0.4, -0.2) is 47.3 Å². The molecule has 17 heavy (non-hydrogen) atoms. The van der Waals surface area contributed by atoms with Crippen molar-refractivity contribution in [3.05, 3.63) is 10.8 Å².